The molecule has 1 unspecified atom stereocenters. The average molecular weight is 481 g/mol. The lowest BCUT2D eigenvalue weighted by molar-refractivity contribution is 0.0914. The molecular formula is C27H36N4O4. The van der Waals surface area contributed by atoms with Crippen molar-refractivity contribution in [3.63, 3.8) is 0 Å². The molecule has 1 atom stereocenters. The van der Waals surface area contributed by atoms with Crippen molar-refractivity contribution in [1.29, 1.82) is 0 Å². The molecular weight excluding hydrogens is 444 g/mol. The molecule has 1 saturated heterocycles. The van der Waals surface area contributed by atoms with Crippen LogP contribution < -0.4 is 16.1 Å². The Balaban J connectivity index is 1.55. The number of amides is 2. The Morgan fingerprint density at radius 3 is 2.40 bits per heavy atom. The molecule has 4 rings (SSSR count). The molecule has 2 amide bonds. The summed E-state index contributed by atoms with van der Waals surface area (Å²) in [7, 11) is 0. The van der Waals surface area contributed by atoms with Gasteiger partial charge in [0.25, 0.3) is 11.8 Å². The molecule has 188 valence electrons. The Morgan fingerprint density at radius 1 is 1.00 bits per heavy atom. The number of carbonyl (C=O) groups excluding carboxylic acids is 2. The van der Waals surface area contributed by atoms with Crippen LogP contribution >= 0.6 is 0 Å². The highest BCUT2D eigenvalue weighted by atomic mass is 16.5. The number of hydrogen-bond donors (Lipinski definition) is 2. The van der Waals surface area contributed by atoms with Crippen LogP contribution in [-0.2, 0) is 17.8 Å². The molecule has 2 aliphatic rings. The summed E-state index contributed by atoms with van der Waals surface area (Å²) in [5, 5.41) is 5.86. The highest BCUT2D eigenvalue weighted by molar-refractivity contribution is 5.99. The van der Waals surface area contributed by atoms with E-state index in [9.17, 15) is 14.4 Å². The second-order valence-electron chi connectivity index (χ2n) is 9.71. The smallest absolute Gasteiger partial charge is 0.257 e. The summed E-state index contributed by atoms with van der Waals surface area (Å²) in [6, 6.07) is 5.63. The number of carbonyl (C=O) groups is 2. The molecule has 0 radical (unpaired) electrons. The third kappa shape index (κ3) is 7.01. The molecule has 3 heterocycles. The summed E-state index contributed by atoms with van der Waals surface area (Å²) in [6.45, 7) is 3.28. The minimum Gasteiger partial charge on any atom is -0.376 e. The van der Waals surface area contributed by atoms with Gasteiger partial charge in [-0.2, -0.15) is 0 Å². The molecule has 0 bridgehead atoms. The highest BCUT2D eigenvalue weighted by Crippen LogP contribution is 2.18. The van der Waals surface area contributed by atoms with Gasteiger partial charge in [-0.05, 0) is 44.7 Å². The van der Waals surface area contributed by atoms with Gasteiger partial charge in [-0.25, -0.2) is 0 Å². The minimum atomic E-state index is -0.549. The van der Waals surface area contributed by atoms with Gasteiger partial charge in [0.1, 0.15) is 11.1 Å². The summed E-state index contributed by atoms with van der Waals surface area (Å²) in [5.41, 5.74) is 0.971. The molecule has 0 spiro atoms. The maximum absolute atomic E-state index is 13.3. The second-order valence-corrected chi connectivity index (χ2v) is 9.71. The van der Waals surface area contributed by atoms with Crippen molar-refractivity contribution in [2.24, 2.45) is 0 Å². The molecule has 2 aromatic rings. The van der Waals surface area contributed by atoms with E-state index in [1.807, 2.05) is 25.1 Å². The fourth-order valence-electron chi connectivity index (χ4n) is 4.91. The van der Waals surface area contributed by atoms with Crippen molar-refractivity contribution >= 4 is 11.8 Å². The standard InChI is InChI=1S/C27H36N4O4/c1-19-9-7-12-21(29-19)15-28-26(33)23-17-31(16-22-13-8-14-35-22)18-24(25(23)32)27(34)30-20-10-5-3-2-4-6-11-20/h7,9,12,17-18,20,22H,2-6,8,10-11,13-16H2,1H3,(H,28,33)(H,30,34). The molecule has 1 aliphatic heterocycles. The number of hydrogen-bond acceptors (Lipinski definition) is 5. The SMILES string of the molecule is Cc1cccc(CNC(=O)c2cn(CC3CCCO3)cc(C(=O)NC3CCCCCCC3)c2=O)n1. The first-order valence-electron chi connectivity index (χ1n) is 12.9. The number of aryl methyl sites for hydroxylation is 1. The lowest BCUT2D eigenvalue weighted by Crippen LogP contribution is -2.40. The van der Waals surface area contributed by atoms with Gasteiger partial charge < -0.3 is 19.9 Å². The third-order valence-corrected chi connectivity index (χ3v) is 6.82. The van der Waals surface area contributed by atoms with Crippen LogP contribution in [0, 0.1) is 6.92 Å². The zero-order valence-electron chi connectivity index (χ0n) is 20.6. The van der Waals surface area contributed by atoms with Crippen molar-refractivity contribution in [3.05, 3.63) is 63.3 Å². The molecule has 35 heavy (non-hydrogen) atoms. The summed E-state index contributed by atoms with van der Waals surface area (Å²) in [5.74, 6) is -0.920. The van der Waals surface area contributed by atoms with Gasteiger partial charge in [0.2, 0.25) is 5.43 Å². The first-order valence-corrected chi connectivity index (χ1v) is 12.9. The van der Waals surface area contributed by atoms with Gasteiger partial charge in [0, 0.05) is 37.3 Å². The van der Waals surface area contributed by atoms with Crippen molar-refractivity contribution in [2.75, 3.05) is 6.61 Å². The van der Waals surface area contributed by atoms with E-state index in [4.69, 9.17) is 4.74 Å². The maximum Gasteiger partial charge on any atom is 0.257 e. The van der Waals surface area contributed by atoms with E-state index in [1.165, 1.54) is 25.5 Å². The molecule has 0 aromatic carbocycles. The predicted molar refractivity (Wildman–Crippen MR) is 133 cm³/mol. The minimum absolute atomic E-state index is 0.00591. The van der Waals surface area contributed by atoms with E-state index in [0.29, 0.717) is 18.8 Å². The summed E-state index contributed by atoms with van der Waals surface area (Å²) >= 11 is 0. The van der Waals surface area contributed by atoms with Crippen LogP contribution in [-0.4, -0.2) is 40.1 Å². The van der Waals surface area contributed by atoms with E-state index in [-0.39, 0.29) is 29.8 Å². The van der Waals surface area contributed by atoms with Crippen molar-refractivity contribution in [2.45, 2.75) is 89.9 Å². The Kier molecular flexibility index (Phi) is 8.69. The fourth-order valence-corrected chi connectivity index (χ4v) is 4.91. The molecule has 1 aliphatic carbocycles. The van der Waals surface area contributed by atoms with Crippen LogP contribution in [0.3, 0.4) is 0 Å². The normalized spacial score (nSPS) is 19.1. The van der Waals surface area contributed by atoms with Crippen LogP contribution in [0.25, 0.3) is 0 Å². The number of aromatic nitrogens is 2. The first-order chi connectivity index (χ1) is 17.0. The molecule has 1 saturated carbocycles. The van der Waals surface area contributed by atoms with Crippen molar-refractivity contribution in [1.82, 2.24) is 20.2 Å². The molecule has 8 nitrogen and oxygen atoms in total. The van der Waals surface area contributed by atoms with Gasteiger partial charge >= 0.3 is 0 Å². The fraction of sp³-hybridized carbons (Fsp3) is 0.556. The van der Waals surface area contributed by atoms with Crippen LogP contribution in [0.15, 0.2) is 35.4 Å². The van der Waals surface area contributed by atoms with Crippen molar-refractivity contribution in [3.8, 4) is 0 Å². The molecule has 2 fully saturated rings. The van der Waals surface area contributed by atoms with Crippen LogP contribution in [0.1, 0.15) is 89.9 Å². The average Bonchev–Trinajstić information content (AvgIpc) is 3.33. The van der Waals surface area contributed by atoms with Gasteiger partial charge in [-0.3, -0.25) is 19.4 Å². The van der Waals surface area contributed by atoms with Crippen LogP contribution in [0.4, 0.5) is 0 Å². The number of rotatable bonds is 7. The second kappa shape index (κ2) is 12.1. The molecule has 2 N–H and O–H groups in total. The third-order valence-electron chi connectivity index (χ3n) is 6.82. The van der Waals surface area contributed by atoms with E-state index >= 15 is 0 Å². The van der Waals surface area contributed by atoms with Gasteiger partial charge in [0.05, 0.1) is 18.3 Å². The summed E-state index contributed by atoms with van der Waals surface area (Å²) in [6.07, 6.45) is 12.6. The lowest BCUT2D eigenvalue weighted by Gasteiger charge is -2.21. The number of nitrogens with zero attached hydrogens (tertiary/aromatic N) is 2. The monoisotopic (exact) mass is 480 g/mol. The number of pyridine rings is 2. The number of nitrogens with one attached hydrogen (secondary N) is 2. The van der Waals surface area contributed by atoms with E-state index in [2.05, 4.69) is 15.6 Å². The quantitative estimate of drug-likeness (QED) is 0.632. The Bertz CT molecular complexity index is 1080. The van der Waals surface area contributed by atoms with E-state index < -0.39 is 17.2 Å². The van der Waals surface area contributed by atoms with Gasteiger partial charge in [0.15, 0.2) is 0 Å². The topological polar surface area (TPSA) is 102 Å². The molecule has 8 heteroatoms. The summed E-state index contributed by atoms with van der Waals surface area (Å²) in [4.78, 5) is 43.9. The Hall–Kier alpha value is -3.00. The molecule has 2 aromatic heterocycles. The lowest BCUT2D eigenvalue weighted by atomic mass is 9.96. The van der Waals surface area contributed by atoms with Crippen LogP contribution in [0.2, 0.25) is 0 Å². The zero-order chi connectivity index (χ0) is 24.6. The first kappa shape index (κ1) is 25.1. The Labute approximate surface area is 206 Å². The van der Waals surface area contributed by atoms with Gasteiger partial charge in [-0.15, -0.1) is 0 Å². The van der Waals surface area contributed by atoms with Gasteiger partial charge in [-0.1, -0.05) is 38.2 Å². The van der Waals surface area contributed by atoms with Crippen molar-refractivity contribution < 1.29 is 14.3 Å². The summed E-state index contributed by atoms with van der Waals surface area (Å²) < 4.78 is 7.50. The zero-order valence-corrected chi connectivity index (χ0v) is 20.6. The largest absolute Gasteiger partial charge is 0.376 e. The number of ether oxygens (including phenoxy) is 1. The van der Waals surface area contributed by atoms with E-state index in [1.54, 1.807) is 10.8 Å². The maximum atomic E-state index is 13.3. The highest BCUT2D eigenvalue weighted by Gasteiger charge is 2.23. The van der Waals surface area contributed by atoms with E-state index in [0.717, 1.165) is 44.2 Å². The predicted octanol–water partition coefficient (Wildman–Crippen LogP) is 3.50. The Morgan fingerprint density at radius 2 is 1.71 bits per heavy atom. The van der Waals surface area contributed by atoms with Crippen LogP contribution in [0.5, 0.6) is 0 Å².